The minimum atomic E-state index is -0.974. The molecule has 104 valence electrons. The van der Waals surface area contributed by atoms with E-state index in [2.05, 4.69) is 27.3 Å². The number of ether oxygens (including phenoxy) is 1. The van der Waals surface area contributed by atoms with E-state index in [4.69, 9.17) is 4.84 Å². The van der Waals surface area contributed by atoms with Crippen LogP contribution in [0.2, 0.25) is 0 Å². The van der Waals surface area contributed by atoms with Gasteiger partial charge in [0.25, 0.3) is 0 Å². The average Bonchev–Trinajstić information content (AvgIpc) is 2.20. The molecule has 6 heteroatoms. The summed E-state index contributed by atoms with van der Waals surface area (Å²) in [5, 5.41) is 1.63. The summed E-state index contributed by atoms with van der Waals surface area (Å²) in [6.45, 7) is 8.02. The van der Waals surface area contributed by atoms with E-state index in [1.54, 1.807) is 5.06 Å². The van der Waals surface area contributed by atoms with Crippen molar-refractivity contribution in [2.75, 3.05) is 7.11 Å². The Hall–Kier alpha value is -0.370. The second-order valence-electron chi connectivity index (χ2n) is 5.80. The first-order chi connectivity index (χ1) is 8.10. The molecule has 1 saturated heterocycles. The summed E-state index contributed by atoms with van der Waals surface area (Å²) in [7, 11) is 1.16. The number of nitrogens with zero attached hydrogens (tertiary/aromatic N) is 1. The quantitative estimate of drug-likeness (QED) is 0.307. The van der Waals surface area contributed by atoms with Gasteiger partial charge in [0.2, 0.25) is 0 Å². The Kier molecular flexibility index (Phi) is 4.64. The van der Waals surface area contributed by atoms with Crippen molar-refractivity contribution in [2.24, 2.45) is 0 Å². The van der Waals surface area contributed by atoms with E-state index >= 15 is 0 Å². The number of halogens is 1. The Labute approximate surface area is 121 Å². The van der Waals surface area contributed by atoms with Gasteiger partial charge in [-0.1, -0.05) is 22.6 Å². The van der Waals surface area contributed by atoms with E-state index in [1.165, 1.54) is 0 Å². The first-order valence-corrected chi connectivity index (χ1v) is 7.09. The van der Waals surface area contributed by atoms with Crippen molar-refractivity contribution in [3.8, 4) is 0 Å². The normalized spacial score (nSPS) is 23.4. The maximum Gasteiger partial charge on any atom is 0.436 e. The Morgan fingerprint density at radius 2 is 1.56 bits per heavy atom. The minimum absolute atomic E-state index is 0.308. The second kappa shape index (κ2) is 5.32. The number of rotatable bonds is 1. The van der Waals surface area contributed by atoms with Crippen LogP contribution in [0.15, 0.2) is 0 Å². The van der Waals surface area contributed by atoms with E-state index in [1.807, 2.05) is 27.7 Å². The van der Waals surface area contributed by atoms with Crippen molar-refractivity contribution in [1.82, 2.24) is 5.06 Å². The summed E-state index contributed by atoms with van der Waals surface area (Å²) >= 11 is 2.41. The predicted octanol–water partition coefficient (Wildman–Crippen LogP) is 2.07. The molecule has 1 aliphatic rings. The number of carbonyl (C=O) groups excluding carboxylic acids is 2. The molecule has 1 heterocycles. The molecule has 1 fully saturated rings. The van der Waals surface area contributed by atoms with Crippen LogP contribution in [0.4, 0.5) is 0 Å². The van der Waals surface area contributed by atoms with Gasteiger partial charge in [-0.3, -0.25) is 0 Å². The van der Waals surface area contributed by atoms with Crippen molar-refractivity contribution >= 4 is 34.5 Å². The Morgan fingerprint density at radius 1 is 1.11 bits per heavy atom. The van der Waals surface area contributed by atoms with Crippen molar-refractivity contribution in [2.45, 2.75) is 55.5 Å². The monoisotopic (exact) mass is 369 g/mol. The Balaban J connectivity index is 2.90. The lowest BCUT2D eigenvalue weighted by atomic mass is 9.82. The van der Waals surface area contributed by atoms with E-state index in [-0.39, 0.29) is 11.1 Å². The second-order valence-corrected chi connectivity index (χ2v) is 7.56. The van der Waals surface area contributed by atoms with Crippen LogP contribution in [-0.4, -0.2) is 39.1 Å². The van der Waals surface area contributed by atoms with E-state index in [9.17, 15) is 9.59 Å². The minimum Gasteiger partial charge on any atom is -0.461 e. The first kappa shape index (κ1) is 15.7. The highest BCUT2D eigenvalue weighted by atomic mass is 127. The number of carbonyl (C=O) groups is 2. The zero-order valence-corrected chi connectivity index (χ0v) is 13.6. The molecule has 5 nitrogen and oxygen atoms in total. The maximum atomic E-state index is 11.6. The lowest BCUT2D eigenvalue weighted by molar-refractivity contribution is -0.264. The standard InChI is InChI=1S/C12H20INO4/c1-11(2)6-8(13)7-12(3,4)14(11)18-10(16)9(15)17-5/h8H,6-7H2,1-5H3. The molecular formula is C12H20INO4. The SMILES string of the molecule is COC(=O)C(=O)ON1C(C)(C)CC(I)CC1(C)C. The molecular weight excluding hydrogens is 349 g/mol. The summed E-state index contributed by atoms with van der Waals surface area (Å²) in [5.41, 5.74) is -0.616. The number of hydrogen-bond donors (Lipinski definition) is 0. The number of hydroxylamine groups is 2. The fourth-order valence-electron chi connectivity index (χ4n) is 2.59. The van der Waals surface area contributed by atoms with Gasteiger partial charge >= 0.3 is 11.9 Å². The molecule has 0 N–H and O–H groups in total. The molecule has 0 amide bonds. The van der Waals surface area contributed by atoms with Gasteiger partial charge in [0.15, 0.2) is 0 Å². The summed E-state index contributed by atoms with van der Waals surface area (Å²) in [6, 6.07) is 0. The van der Waals surface area contributed by atoms with Gasteiger partial charge in [-0.25, -0.2) is 9.59 Å². The molecule has 0 aliphatic carbocycles. The van der Waals surface area contributed by atoms with E-state index in [0.717, 1.165) is 20.0 Å². The highest BCUT2D eigenvalue weighted by Gasteiger charge is 2.48. The number of alkyl halides is 1. The fourth-order valence-corrected chi connectivity index (χ4v) is 4.75. The summed E-state index contributed by atoms with van der Waals surface area (Å²) in [4.78, 5) is 27.9. The molecule has 0 atom stereocenters. The van der Waals surface area contributed by atoms with Gasteiger partial charge in [-0.2, -0.15) is 0 Å². The molecule has 0 aromatic carbocycles. The summed E-state index contributed by atoms with van der Waals surface area (Å²) in [5.74, 6) is -1.94. The van der Waals surface area contributed by atoms with E-state index in [0.29, 0.717) is 3.92 Å². The van der Waals surface area contributed by atoms with Crippen molar-refractivity contribution in [1.29, 1.82) is 0 Å². The lowest BCUT2D eigenvalue weighted by Gasteiger charge is -2.51. The summed E-state index contributed by atoms with van der Waals surface area (Å²) in [6.07, 6.45) is 1.79. The third-order valence-electron chi connectivity index (χ3n) is 3.07. The van der Waals surface area contributed by atoms with Crippen molar-refractivity contribution in [3.63, 3.8) is 0 Å². The van der Waals surface area contributed by atoms with Crippen LogP contribution in [0, 0.1) is 0 Å². The maximum absolute atomic E-state index is 11.6. The number of esters is 1. The van der Waals surface area contributed by atoms with Crippen LogP contribution >= 0.6 is 22.6 Å². The number of hydrogen-bond acceptors (Lipinski definition) is 5. The van der Waals surface area contributed by atoms with E-state index < -0.39 is 11.9 Å². The van der Waals surface area contributed by atoms with Crippen LogP contribution in [0.3, 0.4) is 0 Å². The van der Waals surface area contributed by atoms with Gasteiger partial charge in [-0.15, -0.1) is 5.06 Å². The highest BCUT2D eigenvalue weighted by Crippen LogP contribution is 2.41. The lowest BCUT2D eigenvalue weighted by Crippen LogP contribution is -2.61. The van der Waals surface area contributed by atoms with Crippen LogP contribution < -0.4 is 0 Å². The van der Waals surface area contributed by atoms with Crippen LogP contribution in [-0.2, 0) is 19.2 Å². The van der Waals surface area contributed by atoms with Crippen LogP contribution in [0.5, 0.6) is 0 Å². The van der Waals surface area contributed by atoms with Crippen molar-refractivity contribution in [3.05, 3.63) is 0 Å². The van der Waals surface area contributed by atoms with Gasteiger partial charge in [0.1, 0.15) is 0 Å². The Morgan fingerprint density at radius 3 is 1.94 bits per heavy atom. The fraction of sp³-hybridized carbons (Fsp3) is 0.833. The smallest absolute Gasteiger partial charge is 0.436 e. The molecule has 0 aromatic heterocycles. The van der Waals surface area contributed by atoms with Gasteiger partial charge < -0.3 is 9.57 Å². The molecule has 0 aromatic rings. The number of piperidine rings is 1. The molecule has 0 spiro atoms. The zero-order chi connectivity index (χ0) is 14.1. The first-order valence-electron chi connectivity index (χ1n) is 5.85. The average molecular weight is 369 g/mol. The molecule has 0 bridgehead atoms. The molecule has 1 rings (SSSR count). The molecule has 18 heavy (non-hydrogen) atoms. The molecule has 1 aliphatic heterocycles. The van der Waals surface area contributed by atoms with Gasteiger partial charge in [-0.05, 0) is 40.5 Å². The zero-order valence-electron chi connectivity index (χ0n) is 11.4. The van der Waals surface area contributed by atoms with Crippen LogP contribution in [0.25, 0.3) is 0 Å². The topological polar surface area (TPSA) is 55.8 Å². The van der Waals surface area contributed by atoms with Crippen molar-refractivity contribution < 1.29 is 19.2 Å². The molecule has 0 saturated carbocycles. The molecule has 0 unspecified atom stereocenters. The summed E-state index contributed by atoms with van der Waals surface area (Å²) < 4.78 is 4.88. The molecule has 0 radical (unpaired) electrons. The third-order valence-corrected chi connectivity index (χ3v) is 3.95. The Bertz CT molecular complexity index is 336. The van der Waals surface area contributed by atoms with Gasteiger partial charge in [0, 0.05) is 3.92 Å². The van der Waals surface area contributed by atoms with Crippen LogP contribution in [0.1, 0.15) is 40.5 Å². The largest absolute Gasteiger partial charge is 0.461 e. The third kappa shape index (κ3) is 3.34. The predicted molar refractivity (Wildman–Crippen MR) is 75.1 cm³/mol. The highest BCUT2D eigenvalue weighted by molar-refractivity contribution is 14.1. The van der Waals surface area contributed by atoms with Gasteiger partial charge in [0.05, 0.1) is 18.2 Å². The number of methoxy groups -OCH3 is 1.